The van der Waals surface area contributed by atoms with Gasteiger partial charge in [0, 0.05) is 24.0 Å². The van der Waals surface area contributed by atoms with E-state index in [1.165, 1.54) is 11.1 Å². The molecule has 2 aromatic carbocycles. The summed E-state index contributed by atoms with van der Waals surface area (Å²) in [6.45, 7) is 0.807. The molecule has 0 aliphatic carbocycles. The Morgan fingerprint density at radius 2 is 1.88 bits per heavy atom. The zero-order chi connectivity index (χ0) is 17.2. The summed E-state index contributed by atoms with van der Waals surface area (Å²) in [6.07, 6.45) is 3.53. The number of anilines is 2. The summed E-state index contributed by atoms with van der Waals surface area (Å²) >= 11 is 0. The summed E-state index contributed by atoms with van der Waals surface area (Å²) in [5, 5.41) is 0. The average Bonchev–Trinajstić information content (AvgIpc) is 3.07. The lowest BCUT2D eigenvalue weighted by molar-refractivity contribution is 0.0999. The van der Waals surface area contributed by atoms with Gasteiger partial charge in [-0.25, -0.2) is 4.98 Å². The number of hydrogen-bond donors (Lipinski definition) is 1. The molecule has 4 rings (SSSR count). The lowest BCUT2D eigenvalue weighted by Crippen LogP contribution is -2.15. The maximum Gasteiger partial charge on any atom is 0.249 e. The van der Waals surface area contributed by atoms with E-state index < -0.39 is 0 Å². The Morgan fingerprint density at radius 1 is 1.04 bits per heavy atom. The maximum atomic E-state index is 11.6. The van der Waals surface area contributed by atoms with Crippen molar-refractivity contribution in [1.82, 2.24) is 4.98 Å². The van der Waals surface area contributed by atoms with Crippen LogP contribution in [0.25, 0.3) is 0 Å². The minimum absolute atomic E-state index is 0.371. The molecular weight excluding hydrogens is 310 g/mol. The molecule has 3 aromatic rings. The van der Waals surface area contributed by atoms with Crippen LogP contribution in [-0.2, 0) is 12.8 Å². The molecule has 2 N–H and O–H groups in total. The molecule has 1 amide bonds. The van der Waals surface area contributed by atoms with Gasteiger partial charge in [-0.3, -0.25) is 4.79 Å². The van der Waals surface area contributed by atoms with Crippen LogP contribution in [0.2, 0.25) is 0 Å². The number of primary amides is 1. The molecule has 4 heteroatoms. The van der Waals surface area contributed by atoms with E-state index in [-0.39, 0.29) is 5.91 Å². The highest BCUT2D eigenvalue weighted by Crippen LogP contribution is 2.35. The van der Waals surface area contributed by atoms with E-state index in [1.807, 2.05) is 30.5 Å². The Hall–Kier alpha value is -3.14. The lowest BCUT2D eigenvalue weighted by atomic mass is 10.0. The number of pyridine rings is 1. The second-order valence-corrected chi connectivity index (χ2v) is 6.25. The number of nitrogens with two attached hydrogens (primary N) is 1. The highest BCUT2D eigenvalue weighted by Gasteiger charge is 2.25. The minimum Gasteiger partial charge on any atom is -0.366 e. The first-order valence-corrected chi connectivity index (χ1v) is 8.40. The van der Waals surface area contributed by atoms with Crippen molar-refractivity contribution in [2.45, 2.75) is 12.8 Å². The second kappa shape index (κ2) is 6.40. The summed E-state index contributed by atoms with van der Waals surface area (Å²) in [4.78, 5) is 18.4. The quantitative estimate of drug-likeness (QED) is 0.797. The number of fused-ring (bicyclic) bond motifs is 1. The molecule has 4 nitrogen and oxygen atoms in total. The smallest absolute Gasteiger partial charge is 0.249 e. The van der Waals surface area contributed by atoms with E-state index in [0.717, 1.165) is 36.5 Å². The number of carbonyl (C=O) groups excluding carboxylic acids is 1. The van der Waals surface area contributed by atoms with Gasteiger partial charge in [-0.2, -0.15) is 0 Å². The molecule has 0 radical (unpaired) electrons. The first-order chi connectivity index (χ1) is 12.2. The molecular formula is C21H19N3O. The van der Waals surface area contributed by atoms with Crippen molar-refractivity contribution in [2.75, 3.05) is 11.4 Å². The number of rotatable bonds is 4. The second-order valence-electron chi connectivity index (χ2n) is 6.25. The fourth-order valence-corrected chi connectivity index (χ4v) is 3.45. The largest absolute Gasteiger partial charge is 0.366 e. The number of aromatic nitrogens is 1. The zero-order valence-corrected chi connectivity index (χ0v) is 13.9. The monoisotopic (exact) mass is 329 g/mol. The van der Waals surface area contributed by atoms with Crippen molar-refractivity contribution >= 4 is 17.4 Å². The highest BCUT2D eigenvalue weighted by molar-refractivity contribution is 5.96. The molecule has 1 aliphatic rings. The molecule has 1 aromatic heterocycles. The number of benzene rings is 2. The maximum absolute atomic E-state index is 11.6. The molecule has 0 saturated heterocycles. The van der Waals surface area contributed by atoms with Crippen molar-refractivity contribution in [3.63, 3.8) is 0 Å². The number of carbonyl (C=O) groups is 1. The van der Waals surface area contributed by atoms with Crippen LogP contribution in [0.4, 0.5) is 11.5 Å². The SMILES string of the molecule is NC(=O)c1cccc2c1CCN2c1cc(Cc2ccccc2)ccn1. The fourth-order valence-electron chi connectivity index (χ4n) is 3.45. The van der Waals surface area contributed by atoms with E-state index in [9.17, 15) is 4.79 Å². The van der Waals surface area contributed by atoms with Gasteiger partial charge in [0.2, 0.25) is 5.91 Å². The molecule has 25 heavy (non-hydrogen) atoms. The van der Waals surface area contributed by atoms with E-state index in [4.69, 9.17) is 5.73 Å². The van der Waals surface area contributed by atoms with Gasteiger partial charge < -0.3 is 10.6 Å². The third-order valence-electron chi connectivity index (χ3n) is 4.63. The minimum atomic E-state index is -0.371. The third-order valence-corrected chi connectivity index (χ3v) is 4.63. The molecule has 2 heterocycles. The standard InChI is InChI=1S/C21H19N3O/c22-21(25)18-7-4-8-19-17(18)10-12-24(19)20-14-16(9-11-23-20)13-15-5-2-1-3-6-15/h1-9,11,14H,10,12-13H2,(H2,22,25). The van der Waals surface area contributed by atoms with Gasteiger partial charge >= 0.3 is 0 Å². The summed E-state index contributed by atoms with van der Waals surface area (Å²) in [6, 6.07) is 20.3. The molecule has 0 bridgehead atoms. The third kappa shape index (κ3) is 2.98. The van der Waals surface area contributed by atoms with Crippen LogP contribution in [0.15, 0.2) is 66.9 Å². The van der Waals surface area contributed by atoms with Crippen molar-refractivity contribution in [3.05, 3.63) is 89.1 Å². The van der Waals surface area contributed by atoms with E-state index in [0.29, 0.717) is 5.56 Å². The van der Waals surface area contributed by atoms with Gasteiger partial charge in [0.15, 0.2) is 0 Å². The molecule has 124 valence electrons. The van der Waals surface area contributed by atoms with Crippen LogP contribution in [0, 0.1) is 0 Å². The van der Waals surface area contributed by atoms with Crippen molar-refractivity contribution in [3.8, 4) is 0 Å². The highest BCUT2D eigenvalue weighted by atomic mass is 16.1. The molecule has 0 saturated carbocycles. The predicted molar refractivity (Wildman–Crippen MR) is 99.2 cm³/mol. The van der Waals surface area contributed by atoms with Crippen LogP contribution in [0.5, 0.6) is 0 Å². The average molecular weight is 329 g/mol. The normalized spacial score (nSPS) is 12.9. The Morgan fingerprint density at radius 3 is 2.68 bits per heavy atom. The van der Waals surface area contributed by atoms with Gasteiger partial charge in [0.05, 0.1) is 0 Å². The van der Waals surface area contributed by atoms with E-state index in [1.54, 1.807) is 6.07 Å². The van der Waals surface area contributed by atoms with Crippen LogP contribution >= 0.6 is 0 Å². The summed E-state index contributed by atoms with van der Waals surface area (Å²) < 4.78 is 0. The van der Waals surface area contributed by atoms with Crippen molar-refractivity contribution in [1.29, 1.82) is 0 Å². The van der Waals surface area contributed by atoms with E-state index >= 15 is 0 Å². The Kier molecular flexibility index (Phi) is 3.94. The predicted octanol–water partition coefficient (Wildman–Crippen LogP) is 3.47. The molecule has 1 aliphatic heterocycles. The fraction of sp³-hybridized carbons (Fsp3) is 0.143. The molecule has 0 atom stereocenters. The molecule has 0 unspecified atom stereocenters. The van der Waals surface area contributed by atoms with Crippen molar-refractivity contribution < 1.29 is 4.79 Å². The van der Waals surface area contributed by atoms with Crippen LogP contribution in [0.3, 0.4) is 0 Å². The summed E-state index contributed by atoms with van der Waals surface area (Å²) in [5.74, 6) is 0.540. The van der Waals surface area contributed by atoms with Crippen LogP contribution < -0.4 is 10.6 Å². The van der Waals surface area contributed by atoms with Gasteiger partial charge in [0.25, 0.3) is 0 Å². The topological polar surface area (TPSA) is 59.2 Å². The lowest BCUT2D eigenvalue weighted by Gasteiger charge is -2.19. The first-order valence-electron chi connectivity index (χ1n) is 8.40. The van der Waals surface area contributed by atoms with Gasteiger partial charge in [0.1, 0.15) is 5.82 Å². The molecule has 0 spiro atoms. The Balaban J connectivity index is 1.66. The number of hydrogen-bond acceptors (Lipinski definition) is 3. The van der Waals surface area contributed by atoms with Crippen molar-refractivity contribution in [2.24, 2.45) is 5.73 Å². The molecule has 0 fully saturated rings. The summed E-state index contributed by atoms with van der Waals surface area (Å²) in [5.41, 5.74) is 10.7. The van der Waals surface area contributed by atoms with Gasteiger partial charge in [-0.1, -0.05) is 36.4 Å². The Labute approximate surface area is 146 Å². The number of amides is 1. The Bertz CT molecular complexity index is 921. The zero-order valence-electron chi connectivity index (χ0n) is 13.9. The van der Waals surface area contributed by atoms with Gasteiger partial charge in [-0.05, 0) is 53.8 Å². The van der Waals surface area contributed by atoms with Crippen LogP contribution in [-0.4, -0.2) is 17.4 Å². The first kappa shape index (κ1) is 15.4. The number of nitrogens with zero attached hydrogens (tertiary/aromatic N) is 2. The summed E-state index contributed by atoms with van der Waals surface area (Å²) in [7, 11) is 0. The van der Waals surface area contributed by atoms with E-state index in [2.05, 4.69) is 40.2 Å². The van der Waals surface area contributed by atoms with Gasteiger partial charge in [-0.15, -0.1) is 0 Å². The van der Waals surface area contributed by atoms with Crippen LogP contribution in [0.1, 0.15) is 27.0 Å².